The zero-order valence-electron chi connectivity index (χ0n) is 15.6. The maximum Gasteiger partial charge on any atom is 0.241 e. The lowest BCUT2D eigenvalue weighted by Crippen LogP contribution is -2.53. The van der Waals surface area contributed by atoms with Crippen LogP contribution in [-0.4, -0.2) is 26.4 Å². The van der Waals surface area contributed by atoms with E-state index >= 15 is 0 Å². The Morgan fingerprint density at radius 1 is 1.12 bits per heavy atom. The summed E-state index contributed by atoms with van der Waals surface area (Å²) in [6.45, 7) is 7.75. The van der Waals surface area contributed by atoms with Gasteiger partial charge in [0.1, 0.15) is 6.04 Å². The molecular formula is C19H30N2O3S. The minimum Gasteiger partial charge on any atom is -0.352 e. The summed E-state index contributed by atoms with van der Waals surface area (Å²) in [7, 11) is -3.73. The van der Waals surface area contributed by atoms with E-state index in [9.17, 15) is 13.2 Å². The Morgan fingerprint density at radius 2 is 1.72 bits per heavy atom. The molecule has 140 valence electrons. The van der Waals surface area contributed by atoms with Crippen LogP contribution in [0.5, 0.6) is 0 Å². The predicted octanol–water partition coefficient (Wildman–Crippen LogP) is 2.99. The highest BCUT2D eigenvalue weighted by Gasteiger charge is 2.31. The molecule has 1 saturated carbocycles. The zero-order valence-corrected chi connectivity index (χ0v) is 16.4. The SMILES string of the molecule is Cc1ccc(S(=O)(=O)N[C@H](C(=O)N[C@H]2CCCC[C@H]2C)C(C)C)cc1. The zero-order chi connectivity index (χ0) is 18.6. The van der Waals surface area contributed by atoms with E-state index in [0.717, 1.165) is 24.8 Å². The third-order valence-electron chi connectivity index (χ3n) is 5.00. The van der Waals surface area contributed by atoms with Gasteiger partial charge in [-0.05, 0) is 43.7 Å². The molecule has 0 heterocycles. The number of carbonyl (C=O) groups is 1. The van der Waals surface area contributed by atoms with E-state index in [0.29, 0.717) is 5.92 Å². The van der Waals surface area contributed by atoms with E-state index in [1.807, 2.05) is 20.8 Å². The van der Waals surface area contributed by atoms with E-state index < -0.39 is 16.1 Å². The van der Waals surface area contributed by atoms with Crippen LogP contribution in [0, 0.1) is 18.8 Å². The van der Waals surface area contributed by atoms with Gasteiger partial charge in [-0.3, -0.25) is 4.79 Å². The first-order chi connectivity index (χ1) is 11.7. The van der Waals surface area contributed by atoms with Crippen molar-refractivity contribution in [3.05, 3.63) is 29.8 Å². The van der Waals surface area contributed by atoms with Crippen molar-refractivity contribution in [3.63, 3.8) is 0 Å². The van der Waals surface area contributed by atoms with Gasteiger partial charge in [0, 0.05) is 6.04 Å². The fourth-order valence-electron chi connectivity index (χ4n) is 3.25. The van der Waals surface area contributed by atoms with Crippen LogP contribution in [0.3, 0.4) is 0 Å². The molecule has 2 rings (SSSR count). The second kappa shape index (κ2) is 8.32. The monoisotopic (exact) mass is 366 g/mol. The van der Waals surface area contributed by atoms with Crippen LogP contribution in [0.25, 0.3) is 0 Å². The molecule has 6 heteroatoms. The topological polar surface area (TPSA) is 75.3 Å². The van der Waals surface area contributed by atoms with Crippen LogP contribution in [-0.2, 0) is 14.8 Å². The molecule has 0 saturated heterocycles. The van der Waals surface area contributed by atoms with Crippen molar-refractivity contribution in [2.45, 2.75) is 70.4 Å². The summed E-state index contributed by atoms with van der Waals surface area (Å²) in [5, 5.41) is 3.07. The summed E-state index contributed by atoms with van der Waals surface area (Å²) >= 11 is 0. The summed E-state index contributed by atoms with van der Waals surface area (Å²) in [6.07, 6.45) is 4.37. The second-order valence-electron chi connectivity index (χ2n) is 7.53. The predicted molar refractivity (Wildman–Crippen MR) is 99.7 cm³/mol. The number of carbonyl (C=O) groups excluding carboxylic acids is 1. The molecule has 1 aromatic carbocycles. The molecule has 0 bridgehead atoms. The number of sulfonamides is 1. The molecule has 0 spiro atoms. The van der Waals surface area contributed by atoms with Gasteiger partial charge in [0.2, 0.25) is 15.9 Å². The molecule has 25 heavy (non-hydrogen) atoms. The minimum absolute atomic E-state index is 0.131. The van der Waals surface area contributed by atoms with Crippen molar-refractivity contribution < 1.29 is 13.2 Å². The Labute approximate surface area is 151 Å². The summed E-state index contributed by atoms with van der Waals surface area (Å²) in [5.41, 5.74) is 0.989. The van der Waals surface area contributed by atoms with Crippen LogP contribution in [0.2, 0.25) is 0 Å². The molecule has 2 N–H and O–H groups in total. The Bertz CT molecular complexity index is 683. The first-order valence-electron chi connectivity index (χ1n) is 9.10. The van der Waals surface area contributed by atoms with Crippen LogP contribution < -0.4 is 10.0 Å². The molecule has 1 fully saturated rings. The summed E-state index contributed by atoms with van der Waals surface area (Å²) in [4.78, 5) is 12.9. The maximum atomic E-state index is 12.7. The lowest BCUT2D eigenvalue weighted by Gasteiger charge is -2.32. The van der Waals surface area contributed by atoms with Gasteiger partial charge < -0.3 is 5.32 Å². The molecule has 0 unspecified atom stereocenters. The molecule has 1 aliphatic carbocycles. The molecule has 1 aromatic rings. The summed E-state index contributed by atoms with van der Waals surface area (Å²) < 4.78 is 27.8. The van der Waals surface area contributed by atoms with E-state index in [4.69, 9.17) is 0 Å². The second-order valence-corrected chi connectivity index (χ2v) is 9.25. The van der Waals surface area contributed by atoms with E-state index in [1.165, 1.54) is 6.42 Å². The number of benzene rings is 1. The van der Waals surface area contributed by atoms with E-state index in [2.05, 4.69) is 17.0 Å². The van der Waals surface area contributed by atoms with Crippen molar-refractivity contribution in [1.82, 2.24) is 10.0 Å². The summed E-state index contributed by atoms with van der Waals surface area (Å²) in [6, 6.07) is 5.99. The molecular weight excluding hydrogens is 336 g/mol. The first kappa shape index (κ1) is 19.9. The Balaban J connectivity index is 2.11. The quantitative estimate of drug-likeness (QED) is 0.813. The van der Waals surface area contributed by atoms with Gasteiger partial charge in [-0.1, -0.05) is 51.3 Å². The first-order valence-corrected chi connectivity index (χ1v) is 10.6. The summed E-state index contributed by atoms with van der Waals surface area (Å²) in [5.74, 6) is 0.0581. The van der Waals surface area contributed by atoms with Gasteiger partial charge in [-0.2, -0.15) is 4.72 Å². The van der Waals surface area contributed by atoms with Crippen molar-refractivity contribution in [3.8, 4) is 0 Å². The standard InChI is InChI=1S/C19H30N2O3S/c1-13(2)18(19(22)20-17-8-6-5-7-15(17)4)21-25(23,24)16-11-9-14(3)10-12-16/h9-13,15,17-18,21H,5-8H2,1-4H3,(H,20,22)/t15-,17+,18+/m1/s1. The van der Waals surface area contributed by atoms with Crippen LogP contribution >= 0.6 is 0 Å². The lowest BCUT2D eigenvalue weighted by atomic mass is 9.85. The smallest absolute Gasteiger partial charge is 0.241 e. The van der Waals surface area contributed by atoms with Gasteiger partial charge in [-0.25, -0.2) is 8.42 Å². The molecule has 1 aliphatic rings. The third-order valence-corrected chi connectivity index (χ3v) is 6.46. The number of nitrogens with one attached hydrogen (secondary N) is 2. The largest absolute Gasteiger partial charge is 0.352 e. The van der Waals surface area contributed by atoms with Crippen LogP contribution in [0.1, 0.15) is 52.0 Å². The Kier molecular flexibility index (Phi) is 6.63. The number of hydrogen-bond acceptors (Lipinski definition) is 3. The van der Waals surface area contributed by atoms with Crippen LogP contribution in [0.4, 0.5) is 0 Å². The van der Waals surface area contributed by atoms with Crippen LogP contribution in [0.15, 0.2) is 29.2 Å². The number of amides is 1. The highest BCUT2D eigenvalue weighted by Crippen LogP contribution is 2.24. The lowest BCUT2D eigenvalue weighted by molar-refractivity contribution is -0.125. The maximum absolute atomic E-state index is 12.7. The molecule has 1 amide bonds. The molecule has 0 aromatic heterocycles. The molecule has 0 radical (unpaired) electrons. The highest BCUT2D eigenvalue weighted by molar-refractivity contribution is 7.89. The van der Waals surface area contributed by atoms with Gasteiger partial charge in [0.05, 0.1) is 4.90 Å². The van der Waals surface area contributed by atoms with Crippen molar-refractivity contribution in [2.24, 2.45) is 11.8 Å². The average molecular weight is 367 g/mol. The number of rotatable bonds is 6. The van der Waals surface area contributed by atoms with Crippen molar-refractivity contribution >= 4 is 15.9 Å². The number of aryl methyl sites for hydroxylation is 1. The fraction of sp³-hybridized carbons (Fsp3) is 0.632. The number of hydrogen-bond donors (Lipinski definition) is 2. The van der Waals surface area contributed by atoms with Gasteiger partial charge in [-0.15, -0.1) is 0 Å². The van der Waals surface area contributed by atoms with E-state index in [-0.39, 0.29) is 22.8 Å². The van der Waals surface area contributed by atoms with Gasteiger partial charge in [0.25, 0.3) is 0 Å². The highest BCUT2D eigenvalue weighted by atomic mass is 32.2. The molecule has 0 aliphatic heterocycles. The molecule has 5 nitrogen and oxygen atoms in total. The average Bonchev–Trinajstić information content (AvgIpc) is 2.55. The normalized spacial score (nSPS) is 22.6. The third kappa shape index (κ3) is 5.28. The minimum atomic E-state index is -3.73. The fourth-order valence-corrected chi connectivity index (χ4v) is 4.59. The van der Waals surface area contributed by atoms with Gasteiger partial charge >= 0.3 is 0 Å². The van der Waals surface area contributed by atoms with Crippen molar-refractivity contribution in [1.29, 1.82) is 0 Å². The van der Waals surface area contributed by atoms with E-state index in [1.54, 1.807) is 24.3 Å². The van der Waals surface area contributed by atoms with Crippen molar-refractivity contribution in [2.75, 3.05) is 0 Å². The van der Waals surface area contributed by atoms with Gasteiger partial charge in [0.15, 0.2) is 0 Å². The molecule has 3 atom stereocenters. The Morgan fingerprint density at radius 3 is 2.28 bits per heavy atom. The Hall–Kier alpha value is -1.40.